The van der Waals surface area contributed by atoms with E-state index < -0.39 is 0 Å². The normalized spacial score (nSPS) is 11.8. The van der Waals surface area contributed by atoms with E-state index in [1.54, 1.807) is 0 Å². The maximum atomic E-state index is 5.34. The first-order valence-corrected chi connectivity index (χ1v) is 23.0. The summed E-state index contributed by atoms with van der Waals surface area (Å²) in [5.74, 6) is 3.37. The lowest BCUT2D eigenvalue weighted by Crippen LogP contribution is -2.07. The average molecular weight is 884 g/mol. The number of hydrogen-bond acceptors (Lipinski definition) is 6. The molecular weight excluding hydrogens is 847 g/mol. The number of fused-ring (bicyclic) bond motifs is 10. The van der Waals surface area contributed by atoms with Crippen molar-refractivity contribution in [1.29, 1.82) is 0 Å². The summed E-state index contributed by atoms with van der Waals surface area (Å²) in [5.41, 5.74) is 10.8. The summed E-state index contributed by atoms with van der Waals surface area (Å²) < 4.78 is 6.73. The fourth-order valence-electron chi connectivity index (χ4n) is 10.1. The van der Waals surface area contributed by atoms with Crippen LogP contribution in [0.3, 0.4) is 0 Å². The van der Waals surface area contributed by atoms with Crippen molar-refractivity contribution in [2.24, 2.45) is 0 Å². The van der Waals surface area contributed by atoms with Gasteiger partial charge in [-0.15, -0.1) is 0 Å². The Kier molecular flexibility index (Phi) is 8.68. The van der Waals surface area contributed by atoms with E-state index in [1.165, 1.54) is 0 Å². The van der Waals surface area contributed by atoms with Gasteiger partial charge >= 0.3 is 0 Å². The summed E-state index contributed by atoms with van der Waals surface area (Å²) in [6.45, 7) is 0. The third-order valence-electron chi connectivity index (χ3n) is 13.2. The first kappa shape index (κ1) is 38.6. The molecule has 0 N–H and O–H groups in total. The number of para-hydroxylation sites is 4. The molecule has 0 spiro atoms. The van der Waals surface area contributed by atoms with Gasteiger partial charge in [-0.1, -0.05) is 170 Å². The van der Waals surface area contributed by atoms with Crippen LogP contribution >= 0.6 is 0 Å². The van der Waals surface area contributed by atoms with Gasteiger partial charge in [-0.25, -0.2) is 9.97 Å². The molecule has 0 aliphatic heterocycles. The molecule has 0 radical (unpaired) electrons. The van der Waals surface area contributed by atoms with E-state index in [-0.39, 0.29) is 0 Å². The van der Waals surface area contributed by atoms with Crippen molar-refractivity contribution < 1.29 is 0 Å². The first-order chi connectivity index (χ1) is 34.2. The van der Waals surface area contributed by atoms with Crippen molar-refractivity contribution in [3.8, 4) is 63.1 Å². The second kappa shape index (κ2) is 15.5. The Morgan fingerprint density at radius 2 is 0.652 bits per heavy atom. The minimum absolute atomic E-state index is 0.514. The molecule has 9 aromatic carbocycles. The number of benzene rings is 9. The second-order valence-electron chi connectivity index (χ2n) is 17.1. The van der Waals surface area contributed by atoms with Gasteiger partial charge < -0.3 is 4.57 Å². The van der Waals surface area contributed by atoms with Crippen LogP contribution in [0.1, 0.15) is 0 Å². The molecule has 0 saturated carbocycles. The molecule has 0 bridgehead atoms. The van der Waals surface area contributed by atoms with Gasteiger partial charge in [0, 0.05) is 60.3 Å². The van der Waals surface area contributed by atoms with Crippen LogP contribution in [-0.2, 0) is 0 Å². The number of nitrogens with zero attached hydrogens (tertiary/aromatic N) is 9. The van der Waals surface area contributed by atoms with E-state index >= 15 is 0 Å². The number of aromatic nitrogens is 9. The molecule has 0 aliphatic rings. The van der Waals surface area contributed by atoms with E-state index in [9.17, 15) is 0 Å². The van der Waals surface area contributed by atoms with Crippen LogP contribution in [0.2, 0.25) is 0 Å². The molecular formula is C60H37N9. The van der Waals surface area contributed by atoms with Gasteiger partial charge in [-0.2, -0.15) is 19.9 Å². The highest BCUT2D eigenvalue weighted by Crippen LogP contribution is 2.43. The topological polar surface area (TPSA) is 92.1 Å². The molecule has 0 atom stereocenters. The van der Waals surface area contributed by atoms with Crippen molar-refractivity contribution in [2.75, 3.05) is 0 Å². The standard InChI is InChI=1S/C60H37N9/c1-5-19-38(20-6-1)55-61-56(39-21-7-2-8-22-39)65-60(64-55)69-51-35-33-41(37-47(51)45-34-36-52-53(54(45)69)46-29-15-18-32-50(46)67(52)42-25-11-4-12-26-42)58-62-57(40-23-9-3-10-24-40)63-59(66-58)68-48-30-16-13-27-43(48)44-28-14-17-31-49(44)68/h1-37H. The van der Waals surface area contributed by atoms with E-state index in [0.717, 1.165) is 93.4 Å². The Balaban J connectivity index is 1.08. The second-order valence-corrected chi connectivity index (χ2v) is 17.1. The molecule has 322 valence electrons. The Labute approximate surface area is 394 Å². The highest BCUT2D eigenvalue weighted by molar-refractivity contribution is 6.26. The highest BCUT2D eigenvalue weighted by Gasteiger charge is 2.25. The molecule has 14 rings (SSSR count). The molecule has 0 amide bonds. The molecule has 14 aromatic rings. The SMILES string of the molecule is c1ccc(-c2nc(-c3ccc4c(c3)c3ccc5c(c6ccccc6n5-c5ccccc5)c3n4-c3nc(-c4ccccc4)nc(-c4ccccc4)n3)nc(-n3c4ccccc4c4ccccc43)n2)cc1. The summed E-state index contributed by atoms with van der Waals surface area (Å²) in [6, 6.07) is 77.4. The molecule has 0 saturated heterocycles. The molecule has 5 heterocycles. The number of rotatable bonds is 7. The molecule has 0 fully saturated rings. The summed E-state index contributed by atoms with van der Waals surface area (Å²) in [4.78, 5) is 31.5. The lowest BCUT2D eigenvalue weighted by molar-refractivity contribution is 0.952. The average Bonchev–Trinajstić information content (AvgIpc) is 4.07. The zero-order valence-corrected chi connectivity index (χ0v) is 36.9. The Bertz CT molecular complexity index is 4180. The Hall–Kier alpha value is -9.60. The Morgan fingerprint density at radius 1 is 0.246 bits per heavy atom. The predicted octanol–water partition coefficient (Wildman–Crippen LogP) is 14.0. The van der Waals surface area contributed by atoms with Gasteiger partial charge in [0.2, 0.25) is 11.9 Å². The molecule has 0 unspecified atom stereocenters. The van der Waals surface area contributed by atoms with Crippen molar-refractivity contribution in [3.05, 3.63) is 224 Å². The van der Waals surface area contributed by atoms with Gasteiger partial charge in [-0.3, -0.25) is 9.13 Å². The highest BCUT2D eigenvalue weighted by atomic mass is 15.2. The van der Waals surface area contributed by atoms with Crippen LogP contribution in [0, 0.1) is 0 Å². The summed E-state index contributed by atoms with van der Waals surface area (Å²) in [5, 5.41) is 6.52. The van der Waals surface area contributed by atoms with Crippen molar-refractivity contribution in [1.82, 2.24) is 43.6 Å². The third-order valence-corrected chi connectivity index (χ3v) is 13.2. The monoisotopic (exact) mass is 883 g/mol. The quantitative estimate of drug-likeness (QED) is 0.158. The van der Waals surface area contributed by atoms with Crippen LogP contribution in [0.25, 0.3) is 129 Å². The van der Waals surface area contributed by atoms with Crippen molar-refractivity contribution in [2.45, 2.75) is 0 Å². The van der Waals surface area contributed by atoms with Gasteiger partial charge in [0.25, 0.3) is 0 Å². The Morgan fingerprint density at radius 3 is 1.19 bits per heavy atom. The van der Waals surface area contributed by atoms with Gasteiger partial charge in [0.05, 0.1) is 33.1 Å². The molecule has 69 heavy (non-hydrogen) atoms. The van der Waals surface area contributed by atoms with E-state index in [0.29, 0.717) is 35.2 Å². The van der Waals surface area contributed by atoms with E-state index in [2.05, 4.69) is 147 Å². The molecule has 9 nitrogen and oxygen atoms in total. The van der Waals surface area contributed by atoms with Crippen LogP contribution in [0.4, 0.5) is 0 Å². The molecule has 0 aliphatic carbocycles. The van der Waals surface area contributed by atoms with Gasteiger partial charge in [0.15, 0.2) is 23.3 Å². The maximum Gasteiger partial charge on any atom is 0.238 e. The van der Waals surface area contributed by atoms with E-state index in [1.807, 2.05) is 91.0 Å². The van der Waals surface area contributed by atoms with Crippen molar-refractivity contribution in [3.63, 3.8) is 0 Å². The fraction of sp³-hybridized carbons (Fsp3) is 0. The predicted molar refractivity (Wildman–Crippen MR) is 278 cm³/mol. The minimum Gasteiger partial charge on any atom is -0.309 e. The zero-order valence-electron chi connectivity index (χ0n) is 36.9. The van der Waals surface area contributed by atoms with Gasteiger partial charge in [-0.05, 0) is 54.6 Å². The van der Waals surface area contributed by atoms with Gasteiger partial charge in [0.1, 0.15) is 0 Å². The first-order valence-electron chi connectivity index (χ1n) is 23.0. The number of hydrogen-bond donors (Lipinski definition) is 0. The largest absolute Gasteiger partial charge is 0.309 e. The zero-order chi connectivity index (χ0) is 45.4. The van der Waals surface area contributed by atoms with Crippen LogP contribution < -0.4 is 0 Å². The maximum absolute atomic E-state index is 5.34. The summed E-state index contributed by atoms with van der Waals surface area (Å²) >= 11 is 0. The van der Waals surface area contributed by atoms with Crippen LogP contribution in [-0.4, -0.2) is 43.6 Å². The lowest BCUT2D eigenvalue weighted by atomic mass is 10.1. The third kappa shape index (κ3) is 6.18. The van der Waals surface area contributed by atoms with E-state index in [4.69, 9.17) is 29.9 Å². The van der Waals surface area contributed by atoms with Crippen LogP contribution in [0.5, 0.6) is 0 Å². The smallest absolute Gasteiger partial charge is 0.238 e. The van der Waals surface area contributed by atoms with Crippen LogP contribution in [0.15, 0.2) is 224 Å². The fourth-order valence-corrected chi connectivity index (χ4v) is 10.1. The molecule has 5 aromatic heterocycles. The van der Waals surface area contributed by atoms with Crippen molar-refractivity contribution >= 4 is 65.4 Å². The minimum atomic E-state index is 0.514. The molecule has 9 heteroatoms. The lowest BCUT2D eigenvalue weighted by Gasteiger charge is -2.12. The summed E-state index contributed by atoms with van der Waals surface area (Å²) in [7, 11) is 0. The summed E-state index contributed by atoms with van der Waals surface area (Å²) in [6.07, 6.45) is 0.